The number of phenolic OH excluding ortho intramolecular Hbond substituents is 1. The normalized spacial score (nSPS) is 18.9. The molecule has 1 aromatic rings. The summed E-state index contributed by atoms with van der Waals surface area (Å²) in [5.74, 6) is -1.24. The van der Waals surface area contributed by atoms with Crippen LogP contribution >= 0.6 is 0 Å². The SMILES string of the molecule is Cc1ccc(O)c(C(=O)N2CCCCC2CC(=O)O)c1. The molecule has 0 spiro atoms. The van der Waals surface area contributed by atoms with Crippen LogP contribution < -0.4 is 0 Å². The van der Waals surface area contributed by atoms with E-state index in [1.807, 2.05) is 6.92 Å². The zero-order chi connectivity index (χ0) is 14.7. The summed E-state index contributed by atoms with van der Waals surface area (Å²) in [5, 5.41) is 18.8. The number of nitrogens with zero attached hydrogens (tertiary/aromatic N) is 1. The van der Waals surface area contributed by atoms with Gasteiger partial charge in [-0.1, -0.05) is 11.6 Å². The van der Waals surface area contributed by atoms with Crippen LogP contribution in [0.2, 0.25) is 0 Å². The third-order valence-electron chi connectivity index (χ3n) is 3.68. The monoisotopic (exact) mass is 277 g/mol. The number of carbonyl (C=O) groups excluding carboxylic acids is 1. The lowest BCUT2D eigenvalue weighted by atomic mass is 9.97. The Bertz CT molecular complexity index is 527. The highest BCUT2D eigenvalue weighted by Crippen LogP contribution is 2.26. The summed E-state index contributed by atoms with van der Waals surface area (Å²) in [6.07, 6.45) is 2.46. The molecule has 1 amide bonds. The van der Waals surface area contributed by atoms with E-state index in [-0.39, 0.29) is 29.7 Å². The van der Waals surface area contributed by atoms with Gasteiger partial charge in [0, 0.05) is 12.6 Å². The third-order valence-corrected chi connectivity index (χ3v) is 3.68. The highest BCUT2D eigenvalue weighted by molar-refractivity contribution is 5.97. The Hall–Kier alpha value is -2.04. The van der Waals surface area contributed by atoms with Gasteiger partial charge >= 0.3 is 5.97 Å². The van der Waals surface area contributed by atoms with Crippen molar-refractivity contribution in [1.82, 2.24) is 4.90 Å². The van der Waals surface area contributed by atoms with Crippen molar-refractivity contribution in [3.63, 3.8) is 0 Å². The van der Waals surface area contributed by atoms with E-state index in [4.69, 9.17) is 5.11 Å². The fourth-order valence-corrected chi connectivity index (χ4v) is 2.66. The minimum Gasteiger partial charge on any atom is -0.507 e. The molecule has 1 atom stereocenters. The number of phenols is 1. The number of carbonyl (C=O) groups is 2. The Balaban J connectivity index is 2.25. The van der Waals surface area contributed by atoms with Gasteiger partial charge in [0.1, 0.15) is 5.75 Å². The second kappa shape index (κ2) is 5.94. The van der Waals surface area contributed by atoms with Crippen LogP contribution in [0.25, 0.3) is 0 Å². The standard InChI is InChI=1S/C15H19NO4/c1-10-5-6-13(17)12(8-10)15(20)16-7-3-2-4-11(16)9-14(18)19/h5-6,8,11,17H,2-4,7,9H2,1H3,(H,18,19). The predicted octanol–water partition coefficient (Wildman–Crippen LogP) is 2.17. The zero-order valence-corrected chi connectivity index (χ0v) is 11.5. The zero-order valence-electron chi connectivity index (χ0n) is 11.5. The van der Waals surface area contributed by atoms with Crippen molar-refractivity contribution in [2.75, 3.05) is 6.54 Å². The van der Waals surface area contributed by atoms with Gasteiger partial charge in [-0.3, -0.25) is 9.59 Å². The number of piperidine rings is 1. The van der Waals surface area contributed by atoms with E-state index in [1.54, 1.807) is 17.0 Å². The van der Waals surface area contributed by atoms with E-state index in [0.29, 0.717) is 13.0 Å². The summed E-state index contributed by atoms with van der Waals surface area (Å²) in [6, 6.07) is 4.59. The first-order valence-electron chi connectivity index (χ1n) is 6.81. The number of aromatic hydroxyl groups is 1. The number of likely N-dealkylation sites (tertiary alicyclic amines) is 1. The van der Waals surface area contributed by atoms with Gasteiger partial charge in [0.2, 0.25) is 0 Å². The van der Waals surface area contributed by atoms with Crippen LogP contribution in [0.15, 0.2) is 18.2 Å². The minimum absolute atomic E-state index is 0.0433. The number of rotatable bonds is 3. The molecule has 2 N–H and O–H groups in total. The molecule has 108 valence electrons. The van der Waals surface area contributed by atoms with E-state index in [2.05, 4.69) is 0 Å². The summed E-state index contributed by atoms with van der Waals surface area (Å²) >= 11 is 0. The Morgan fingerprint density at radius 1 is 1.35 bits per heavy atom. The molecule has 0 saturated carbocycles. The summed E-state index contributed by atoms with van der Waals surface area (Å²) in [5.41, 5.74) is 1.14. The van der Waals surface area contributed by atoms with Crippen molar-refractivity contribution in [3.8, 4) is 5.75 Å². The maximum Gasteiger partial charge on any atom is 0.305 e. The number of carboxylic acids is 1. The first-order valence-corrected chi connectivity index (χ1v) is 6.81. The fourth-order valence-electron chi connectivity index (χ4n) is 2.66. The van der Waals surface area contributed by atoms with Crippen molar-refractivity contribution in [2.45, 2.75) is 38.6 Å². The van der Waals surface area contributed by atoms with Crippen LogP contribution in [0.4, 0.5) is 0 Å². The van der Waals surface area contributed by atoms with Crippen LogP contribution in [0.1, 0.15) is 41.6 Å². The van der Waals surface area contributed by atoms with E-state index in [9.17, 15) is 14.7 Å². The van der Waals surface area contributed by atoms with Crippen LogP contribution in [-0.4, -0.2) is 39.6 Å². The summed E-state index contributed by atoms with van der Waals surface area (Å²) < 4.78 is 0. The molecule has 1 heterocycles. The average molecular weight is 277 g/mol. The van der Waals surface area contributed by atoms with Crippen molar-refractivity contribution < 1.29 is 19.8 Å². The molecular formula is C15H19NO4. The number of hydrogen-bond donors (Lipinski definition) is 2. The number of carboxylic acid groups (broad SMARTS) is 1. The number of amides is 1. The van der Waals surface area contributed by atoms with Gasteiger partial charge in [0.05, 0.1) is 12.0 Å². The lowest BCUT2D eigenvalue weighted by Crippen LogP contribution is -2.44. The van der Waals surface area contributed by atoms with Gasteiger partial charge < -0.3 is 15.1 Å². The van der Waals surface area contributed by atoms with E-state index in [0.717, 1.165) is 18.4 Å². The fraction of sp³-hybridized carbons (Fsp3) is 0.467. The molecule has 0 aliphatic carbocycles. The highest BCUT2D eigenvalue weighted by atomic mass is 16.4. The minimum atomic E-state index is -0.900. The molecule has 1 fully saturated rings. The largest absolute Gasteiger partial charge is 0.507 e. The quantitative estimate of drug-likeness (QED) is 0.887. The Morgan fingerprint density at radius 2 is 2.10 bits per heavy atom. The molecule has 1 aliphatic heterocycles. The lowest BCUT2D eigenvalue weighted by molar-refractivity contribution is -0.138. The van der Waals surface area contributed by atoms with Gasteiger partial charge in [-0.2, -0.15) is 0 Å². The summed E-state index contributed by atoms with van der Waals surface area (Å²) in [6.45, 7) is 2.39. The van der Waals surface area contributed by atoms with Gasteiger partial charge in [0.15, 0.2) is 0 Å². The summed E-state index contributed by atoms with van der Waals surface area (Å²) in [7, 11) is 0. The van der Waals surface area contributed by atoms with Gasteiger partial charge in [-0.05, 0) is 38.3 Å². The molecular weight excluding hydrogens is 258 g/mol. The van der Waals surface area contributed by atoms with E-state index < -0.39 is 5.97 Å². The number of aryl methyl sites for hydroxylation is 1. The smallest absolute Gasteiger partial charge is 0.305 e. The second-order valence-electron chi connectivity index (χ2n) is 5.27. The van der Waals surface area contributed by atoms with Crippen molar-refractivity contribution in [1.29, 1.82) is 0 Å². The highest BCUT2D eigenvalue weighted by Gasteiger charge is 2.30. The maximum atomic E-state index is 12.5. The Morgan fingerprint density at radius 3 is 2.80 bits per heavy atom. The molecule has 1 saturated heterocycles. The predicted molar refractivity (Wildman–Crippen MR) is 73.8 cm³/mol. The molecule has 5 nitrogen and oxygen atoms in total. The molecule has 0 bridgehead atoms. The van der Waals surface area contributed by atoms with E-state index in [1.165, 1.54) is 6.07 Å². The van der Waals surface area contributed by atoms with Crippen LogP contribution in [-0.2, 0) is 4.79 Å². The number of aliphatic carboxylic acids is 1. The van der Waals surface area contributed by atoms with Crippen molar-refractivity contribution >= 4 is 11.9 Å². The molecule has 1 aromatic carbocycles. The number of benzene rings is 1. The van der Waals surface area contributed by atoms with Crippen LogP contribution in [0, 0.1) is 6.92 Å². The lowest BCUT2D eigenvalue weighted by Gasteiger charge is -2.35. The molecule has 0 radical (unpaired) electrons. The molecule has 1 unspecified atom stereocenters. The first-order chi connectivity index (χ1) is 9.49. The second-order valence-corrected chi connectivity index (χ2v) is 5.27. The first kappa shape index (κ1) is 14.4. The molecule has 2 rings (SSSR count). The van der Waals surface area contributed by atoms with Gasteiger partial charge in [0.25, 0.3) is 5.91 Å². The molecule has 0 aromatic heterocycles. The van der Waals surface area contributed by atoms with Crippen LogP contribution in [0.5, 0.6) is 5.75 Å². The van der Waals surface area contributed by atoms with Gasteiger partial charge in [-0.15, -0.1) is 0 Å². The Labute approximate surface area is 117 Å². The summed E-state index contributed by atoms with van der Waals surface area (Å²) in [4.78, 5) is 25.0. The number of hydrogen-bond acceptors (Lipinski definition) is 3. The molecule has 20 heavy (non-hydrogen) atoms. The van der Waals surface area contributed by atoms with Crippen molar-refractivity contribution in [3.05, 3.63) is 29.3 Å². The Kier molecular flexibility index (Phi) is 4.27. The topological polar surface area (TPSA) is 77.8 Å². The van der Waals surface area contributed by atoms with Crippen molar-refractivity contribution in [2.24, 2.45) is 0 Å². The van der Waals surface area contributed by atoms with Crippen LogP contribution in [0.3, 0.4) is 0 Å². The average Bonchev–Trinajstić information content (AvgIpc) is 2.41. The molecule has 1 aliphatic rings. The maximum absolute atomic E-state index is 12.5. The molecule has 5 heteroatoms. The van der Waals surface area contributed by atoms with Gasteiger partial charge in [-0.25, -0.2) is 0 Å². The van der Waals surface area contributed by atoms with E-state index >= 15 is 0 Å². The third kappa shape index (κ3) is 3.10.